The second-order valence-corrected chi connectivity index (χ2v) is 20.1. The average molecular weight is 946 g/mol. The SMILES string of the molecule is CO[C@H]1C[C@H](O[C@H]2[C@H](C)O[C@@H](O[C@@H]3/C(C)=C/C[C@@H]4C[C@@H](C[C@]5(C=C[C@H](C)[C@@H](C(C)C)O5)O4)OC(=O)[C@@H]4[C@H](NO)[C@@H](C)/C(=N/O)[C@H]5OC/C(=C\C=C\[C@@H]3C)[C@]54O)C[C@@H]2OC)O[C@@H](C)[C@H]1NC(C)=O. The van der Waals surface area contributed by atoms with Gasteiger partial charge in [0, 0.05) is 64.6 Å². The monoisotopic (exact) mass is 946 g/mol. The van der Waals surface area contributed by atoms with Crippen LogP contribution in [-0.2, 0) is 57.0 Å². The molecule has 6 heterocycles. The summed E-state index contributed by atoms with van der Waals surface area (Å²) in [4.78, 5) is 26.6. The van der Waals surface area contributed by atoms with Crippen molar-refractivity contribution in [3.63, 3.8) is 0 Å². The molecule has 1 amide bonds. The molecule has 0 aromatic carbocycles. The smallest absolute Gasteiger partial charge is 0.314 e. The Balaban J connectivity index is 1.19. The number of hydroxylamine groups is 1. The molecule has 5 N–H and O–H groups in total. The number of nitrogens with one attached hydrogen (secondary N) is 2. The van der Waals surface area contributed by atoms with Crippen LogP contribution in [0.3, 0.4) is 0 Å². The van der Waals surface area contributed by atoms with E-state index < -0.39 is 90.5 Å². The van der Waals surface area contributed by atoms with Crippen molar-refractivity contribution in [2.75, 3.05) is 20.8 Å². The van der Waals surface area contributed by atoms with Crippen LogP contribution in [0.5, 0.6) is 0 Å². The maximum Gasteiger partial charge on any atom is 0.314 e. The number of hydrogen-bond acceptors (Lipinski definition) is 17. The highest BCUT2D eigenvalue weighted by molar-refractivity contribution is 5.97. The lowest BCUT2D eigenvalue weighted by atomic mass is 9.63. The van der Waals surface area contributed by atoms with Gasteiger partial charge in [-0.1, -0.05) is 70.2 Å². The molecule has 67 heavy (non-hydrogen) atoms. The predicted molar refractivity (Wildman–Crippen MR) is 242 cm³/mol. The number of nitrogens with zero attached hydrogens (tertiary/aromatic N) is 1. The van der Waals surface area contributed by atoms with Gasteiger partial charge in [-0.2, -0.15) is 0 Å². The molecule has 5 fully saturated rings. The fraction of sp³-hybridized carbons (Fsp3) is 0.776. The topological polar surface area (TPSA) is 224 Å². The van der Waals surface area contributed by atoms with Crippen molar-refractivity contribution in [1.29, 1.82) is 0 Å². The van der Waals surface area contributed by atoms with E-state index in [0.717, 1.165) is 5.57 Å². The number of carbonyl (C=O) groups excluding carboxylic acids is 2. The Labute approximate surface area is 394 Å². The first kappa shape index (κ1) is 51.7. The molecule has 376 valence electrons. The molecule has 6 aliphatic heterocycles. The second-order valence-electron chi connectivity index (χ2n) is 20.1. The van der Waals surface area contributed by atoms with Crippen LogP contribution < -0.4 is 10.8 Å². The molecule has 7 aliphatic rings. The number of oxime groups is 1. The molecule has 0 unspecified atom stereocenters. The number of esters is 1. The van der Waals surface area contributed by atoms with Crippen LogP contribution in [0.4, 0.5) is 0 Å². The average Bonchev–Trinajstić information content (AvgIpc) is 3.61. The van der Waals surface area contributed by atoms with Crippen molar-refractivity contribution in [3.05, 3.63) is 47.6 Å². The zero-order valence-corrected chi connectivity index (χ0v) is 40.9. The zero-order chi connectivity index (χ0) is 48.5. The minimum atomic E-state index is -2.05. The number of amides is 1. The van der Waals surface area contributed by atoms with E-state index in [0.29, 0.717) is 31.3 Å². The maximum atomic E-state index is 14.7. The Bertz CT molecular complexity index is 1910. The van der Waals surface area contributed by atoms with Crippen LogP contribution in [0.25, 0.3) is 0 Å². The lowest BCUT2D eigenvalue weighted by Gasteiger charge is -2.49. The van der Waals surface area contributed by atoms with E-state index in [4.69, 9.17) is 47.4 Å². The summed E-state index contributed by atoms with van der Waals surface area (Å²) in [5.74, 6) is -4.16. The molecule has 1 saturated carbocycles. The third-order valence-electron chi connectivity index (χ3n) is 15.0. The third kappa shape index (κ3) is 10.7. The summed E-state index contributed by atoms with van der Waals surface area (Å²) in [6.07, 6.45) is 6.82. The Hall–Kier alpha value is -3.11. The van der Waals surface area contributed by atoms with Crippen molar-refractivity contribution in [2.45, 2.75) is 192 Å². The van der Waals surface area contributed by atoms with Crippen LogP contribution >= 0.6 is 0 Å². The van der Waals surface area contributed by atoms with Gasteiger partial charge in [-0.25, -0.2) is 5.48 Å². The number of fused-ring (bicyclic) bond motifs is 2. The van der Waals surface area contributed by atoms with Crippen molar-refractivity contribution in [1.82, 2.24) is 10.8 Å². The van der Waals surface area contributed by atoms with Crippen LogP contribution in [-0.4, -0.2) is 151 Å². The van der Waals surface area contributed by atoms with Gasteiger partial charge in [-0.3, -0.25) is 9.59 Å². The van der Waals surface area contributed by atoms with Crippen molar-refractivity contribution in [2.24, 2.45) is 34.7 Å². The molecule has 18 heteroatoms. The fourth-order valence-corrected chi connectivity index (χ4v) is 11.5. The minimum absolute atomic E-state index is 0.0788. The summed E-state index contributed by atoms with van der Waals surface area (Å²) in [6, 6.07) is -1.43. The predicted octanol–water partition coefficient (Wildman–Crippen LogP) is 4.64. The lowest BCUT2D eigenvalue weighted by Crippen LogP contribution is -2.68. The van der Waals surface area contributed by atoms with Crippen molar-refractivity contribution < 1.29 is 72.5 Å². The fourth-order valence-electron chi connectivity index (χ4n) is 11.5. The van der Waals surface area contributed by atoms with Gasteiger partial charge >= 0.3 is 5.97 Å². The Morgan fingerprint density at radius 2 is 1.63 bits per heavy atom. The van der Waals surface area contributed by atoms with Gasteiger partial charge < -0.3 is 68.2 Å². The van der Waals surface area contributed by atoms with E-state index in [1.165, 1.54) is 6.92 Å². The molecule has 4 saturated heterocycles. The maximum absolute atomic E-state index is 14.7. The molecular formula is C49H75N3O15. The summed E-state index contributed by atoms with van der Waals surface area (Å²) in [7, 11) is 3.24. The van der Waals surface area contributed by atoms with Gasteiger partial charge in [0.1, 0.15) is 29.8 Å². The van der Waals surface area contributed by atoms with Gasteiger partial charge in [-0.05, 0) is 50.3 Å². The van der Waals surface area contributed by atoms with Gasteiger partial charge in [0.15, 0.2) is 18.4 Å². The highest BCUT2D eigenvalue weighted by atomic mass is 16.7. The summed E-state index contributed by atoms with van der Waals surface area (Å²) in [5, 5.41) is 40.0. The normalized spacial score (nSPS) is 47.7. The molecule has 20 atom stereocenters. The van der Waals surface area contributed by atoms with E-state index in [1.54, 1.807) is 33.3 Å². The highest BCUT2D eigenvalue weighted by Crippen LogP contribution is 2.48. The van der Waals surface area contributed by atoms with E-state index in [-0.39, 0.29) is 66.8 Å². The zero-order valence-electron chi connectivity index (χ0n) is 40.9. The van der Waals surface area contributed by atoms with Gasteiger partial charge in [-0.15, -0.1) is 0 Å². The van der Waals surface area contributed by atoms with Crippen molar-refractivity contribution >= 4 is 17.6 Å². The number of methoxy groups -OCH3 is 2. The highest BCUT2D eigenvalue weighted by Gasteiger charge is 2.65. The molecule has 2 bridgehead atoms. The lowest BCUT2D eigenvalue weighted by molar-refractivity contribution is -0.311. The molecule has 0 aromatic rings. The third-order valence-corrected chi connectivity index (χ3v) is 15.0. The molecule has 1 spiro atoms. The number of hydrogen-bond donors (Lipinski definition) is 5. The number of aliphatic hydroxyl groups is 1. The first-order valence-corrected chi connectivity index (χ1v) is 24.1. The van der Waals surface area contributed by atoms with E-state index in [9.17, 15) is 25.1 Å². The van der Waals surface area contributed by atoms with Gasteiger partial charge in [0.2, 0.25) is 5.91 Å². The standard InChI is InChI=1S/C49H75N3O15/c1-24(2)43-27(5)17-18-48(67-43)22-34-19-33(66-48)16-15-26(4)44(25(3)13-12-14-32-23-60-46-41(52-57)28(6)40(51-56)39(47(54)63-34)49(32,46)55)64-38-21-36(59-11)45(30(8)62-38)65-37-20-35(58-10)42(29(7)61-37)50-31(9)53/h12-15,17-18,24-25,27-30,33-40,42-46,51,55-57H,16,19-23H2,1-11H3,(H,50,53)/b13-12+,26-15+,32-14+,52-41-/t25-,27-,28+,29-,30-,33+,34-,35-,36-,37-,38-,39-,40+,42+,43+,44-,45-,46+,48+,49+/m0/s1. The summed E-state index contributed by atoms with van der Waals surface area (Å²) in [6.45, 7) is 17.2. The molecule has 1 aliphatic carbocycles. The quantitative estimate of drug-likeness (QED) is 0.0920. The van der Waals surface area contributed by atoms with E-state index in [1.807, 2.05) is 39.8 Å². The molecule has 0 radical (unpaired) electrons. The second kappa shape index (κ2) is 21.5. The number of ether oxygens (including phenoxy) is 10. The van der Waals surface area contributed by atoms with Gasteiger partial charge in [0.25, 0.3) is 0 Å². The minimum Gasteiger partial charge on any atom is -0.462 e. The first-order chi connectivity index (χ1) is 31.9. The Morgan fingerprint density at radius 1 is 0.925 bits per heavy atom. The molecule has 18 nitrogen and oxygen atoms in total. The number of allylic oxidation sites excluding steroid dienone is 2. The van der Waals surface area contributed by atoms with Crippen LogP contribution in [0.2, 0.25) is 0 Å². The van der Waals surface area contributed by atoms with Crippen LogP contribution in [0.15, 0.2) is 52.8 Å². The molecule has 7 rings (SSSR count). The number of carbonyl (C=O) groups is 2. The Morgan fingerprint density at radius 3 is 2.30 bits per heavy atom. The number of rotatable bonds is 9. The van der Waals surface area contributed by atoms with Crippen LogP contribution in [0, 0.1) is 29.6 Å². The molecule has 0 aromatic heterocycles. The summed E-state index contributed by atoms with van der Waals surface area (Å²) < 4.78 is 64.3. The Kier molecular flexibility index (Phi) is 16.6. The van der Waals surface area contributed by atoms with Gasteiger partial charge in [0.05, 0.1) is 67.1 Å². The first-order valence-electron chi connectivity index (χ1n) is 24.1. The van der Waals surface area contributed by atoms with E-state index >= 15 is 0 Å². The van der Waals surface area contributed by atoms with E-state index in [2.05, 4.69) is 48.9 Å². The van der Waals surface area contributed by atoms with Crippen LogP contribution in [0.1, 0.15) is 94.4 Å². The molecular weight excluding hydrogens is 871 g/mol. The summed E-state index contributed by atoms with van der Waals surface area (Å²) in [5.41, 5.74) is 1.54. The largest absolute Gasteiger partial charge is 0.462 e. The van der Waals surface area contributed by atoms with Crippen molar-refractivity contribution in [3.8, 4) is 0 Å². The summed E-state index contributed by atoms with van der Waals surface area (Å²) >= 11 is 0.